The van der Waals surface area contributed by atoms with Crippen LogP contribution in [0.2, 0.25) is 0 Å². The number of amides is 3. The number of carboxylic acid groups (broad SMARTS) is 1. The molecule has 61 heavy (non-hydrogen) atoms. The second-order valence-corrected chi connectivity index (χ2v) is 16.1. The maximum atomic E-state index is 12.9. The Morgan fingerprint density at radius 2 is 1.48 bits per heavy atom. The van der Waals surface area contributed by atoms with Gasteiger partial charge in [-0.05, 0) is 76.0 Å². The van der Waals surface area contributed by atoms with Crippen LogP contribution >= 0.6 is 12.6 Å². The summed E-state index contributed by atoms with van der Waals surface area (Å²) < 4.78 is 22.6. The standard InChI is InChI=1S/C41H64N10O9S/c1-40(2,14-20-60-41(3,4)15-25-61)38(56)45-17-7-19-58-22-24-59-23-21-57-18-6-16-44-32(52)13-12-31(37(54)55)48-36(53)28-8-10-30(11-9-28)51(5)27-29-26-46-35-33(47-29)34(42)49-39(43)50-35/h8-11,26,31,61H,6-7,12-25,27H2,1-5H3,(H,44,52)(H,45,56)(H,48,53)(H,54,55)(H4,42,43,46,49,50). The maximum absolute atomic E-state index is 12.9. The molecule has 19 nitrogen and oxygen atoms in total. The Labute approximate surface area is 363 Å². The molecule has 20 heteroatoms. The van der Waals surface area contributed by atoms with Crippen molar-refractivity contribution in [2.24, 2.45) is 5.41 Å². The van der Waals surface area contributed by atoms with Crippen LogP contribution in [-0.2, 0) is 39.9 Å². The molecular weight excluding hydrogens is 809 g/mol. The smallest absolute Gasteiger partial charge is 0.326 e. The van der Waals surface area contributed by atoms with E-state index in [1.807, 2.05) is 39.6 Å². The summed E-state index contributed by atoms with van der Waals surface area (Å²) in [5.74, 6) is -1.27. The van der Waals surface area contributed by atoms with Gasteiger partial charge < -0.3 is 56.4 Å². The monoisotopic (exact) mass is 872 g/mol. The second-order valence-electron chi connectivity index (χ2n) is 15.7. The number of anilines is 3. The molecule has 0 aliphatic rings. The Morgan fingerprint density at radius 3 is 2.10 bits per heavy atom. The maximum Gasteiger partial charge on any atom is 0.326 e. The number of ether oxygens (including phenoxy) is 4. The predicted octanol–water partition coefficient (Wildman–Crippen LogP) is 2.78. The highest BCUT2D eigenvalue weighted by Crippen LogP contribution is 2.24. The number of fused-ring (bicyclic) bond motifs is 1. The fraction of sp³-hybridized carbons (Fsp3) is 0.610. The number of nitrogens with one attached hydrogen (secondary N) is 3. The Morgan fingerprint density at radius 1 is 0.852 bits per heavy atom. The summed E-state index contributed by atoms with van der Waals surface area (Å²) in [5.41, 5.74) is 13.0. The van der Waals surface area contributed by atoms with Gasteiger partial charge in [0.25, 0.3) is 5.91 Å². The lowest BCUT2D eigenvalue weighted by molar-refractivity contribution is -0.139. The molecule has 2 aromatic heterocycles. The molecule has 0 fully saturated rings. The van der Waals surface area contributed by atoms with E-state index in [1.165, 1.54) is 0 Å². The van der Waals surface area contributed by atoms with E-state index in [0.717, 1.165) is 17.9 Å². The number of rotatable bonds is 30. The van der Waals surface area contributed by atoms with Gasteiger partial charge in [-0.2, -0.15) is 22.6 Å². The number of benzene rings is 1. The number of carboxylic acids is 1. The van der Waals surface area contributed by atoms with Crippen molar-refractivity contribution in [1.29, 1.82) is 0 Å². The van der Waals surface area contributed by atoms with Gasteiger partial charge in [-0.1, -0.05) is 13.8 Å². The highest BCUT2D eigenvalue weighted by atomic mass is 32.1. The third-order valence-corrected chi connectivity index (χ3v) is 9.79. The first-order chi connectivity index (χ1) is 29.0. The summed E-state index contributed by atoms with van der Waals surface area (Å²) in [6.45, 7) is 12.2. The molecule has 0 aliphatic carbocycles. The van der Waals surface area contributed by atoms with Crippen molar-refractivity contribution in [2.75, 3.05) is 88.5 Å². The molecule has 0 aliphatic heterocycles. The lowest BCUT2D eigenvalue weighted by atomic mass is 9.88. The zero-order valence-electron chi connectivity index (χ0n) is 36.0. The third kappa shape index (κ3) is 18.7. The predicted molar refractivity (Wildman–Crippen MR) is 235 cm³/mol. The van der Waals surface area contributed by atoms with E-state index in [0.29, 0.717) is 102 Å². The van der Waals surface area contributed by atoms with E-state index in [2.05, 4.69) is 48.5 Å². The first kappa shape index (κ1) is 50.5. The molecule has 338 valence electrons. The topological polar surface area (TPSA) is 268 Å². The van der Waals surface area contributed by atoms with Crippen LogP contribution in [0.15, 0.2) is 30.5 Å². The molecule has 1 atom stereocenters. The van der Waals surface area contributed by atoms with Crippen LogP contribution in [0, 0.1) is 5.41 Å². The van der Waals surface area contributed by atoms with Crippen LogP contribution in [-0.4, -0.2) is 133 Å². The molecule has 0 saturated heterocycles. The van der Waals surface area contributed by atoms with Crippen molar-refractivity contribution in [3.63, 3.8) is 0 Å². The summed E-state index contributed by atoms with van der Waals surface area (Å²) in [7, 11) is 1.83. The molecule has 2 heterocycles. The molecule has 1 unspecified atom stereocenters. The molecule has 0 saturated carbocycles. The summed E-state index contributed by atoms with van der Waals surface area (Å²) in [6.07, 6.45) is 4.12. The fourth-order valence-electron chi connectivity index (χ4n) is 5.72. The number of nitrogen functional groups attached to an aromatic ring is 2. The van der Waals surface area contributed by atoms with Crippen molar-refractivity contribution >= 4 is 64.9 Å². The summed E-state index contributed by atoms with van der Waals surface area (Å²) in [4.78, 5) is 68.3. The number of aromatic nitrogens is 4. The van der Waals surface area contributed by atoms with Crippen molar-refractivity contribution in [3.05, 3.63) is 41.7 Å². The Kier molecular flexibility index (Phi) is 21.3. The van der Waals surface area contributed by atoms with Gasteiger partial charge in [0, 0.05) is 63.0 Å². The number of nitrogens with two attached hydrogens (primary N) is 2. The van der Waals surface area contributed by atoms with Crippen LogP contribution in [0.3, 0.4) is 0 Å². The quantitative estimate of drug-likeness (QED) is 0.0375. The zero-order valence-corrected chi connectivity index (χ0v) is 36.9. The van der Waals surface area contributed by atoms with Crippen molar-refractivity contribution in [2.45, 2.75) is 84.4 Å². The van der Waals surface area contributed by atoms with Gasteiger partial charge in [-0.3, -0.25) is 14.4 Å². The molecule has 0 spiro atoms. The Hall–Kier alpha value is -4.89. The van der Waals surface area contributed by atoms with Gasteiger partial charge >= 0.3 is 5.97 Å². The second kappa shape index (κ2) is 25.8. The number of hydrogen-bond acceptors (Lipinski definition) is 16. The molecule has 1 aromatic carbocycles. The summed E-state index contributed by atoms with van der Waals surface area (Å²) in [5, 5.41) is 17.9. The average Bonchev–Trinajstić information content (AvgIpc) is 3.20. The highest BCUT2D eigenvalue weighted by Gasteiger charge is 2.28. The highest BCUT2D eigenvalue weighted by molar-refractivity contribution is 7.80. The van der Waals surface area contributed by atoms with E-state index < -0.39 is 23.3 Å². The summed E-state index contributed by atoms with van der Waals surface area (Å²) >= 11 is 4.27. The minimum Gasteiger partial charge on any atom is -0.480 e. The lowest BCUT2D eigenvalue weighted by Crippen LogP contribution is -2.41. The van der Waals surface area contributed by atoms with Crippen molar-refractivity contribution in [3.8, 4) is 0 Å². The first-order valence-electron chi connectivity index (χ1n) is 20.4. The number of carbonyl (C=O) groups is 4. The fourth-order valence-corrected chi connectivity index (χ4v) is 6.26. The van der Waals surface area contributed by atoms with E-state index in [1.54, 1.807) is 30.5 Å². The van der Waals surface area contributed by atoms with Crippen LogP contribution < -0.4 is 32.3 Å². The number of nitrogens with zero attached hydrogens (tertiary/aromatic N) is 5. The van der Waals surface area contributed by atoms with Gasteiger partial charge in [-0.15, -0.1) is 0 Å². The minimum atomic E-state index is -1.25. The van der Waals surface area contributed by atoms with Gasteiger partial charge in [0.2, 0.25) is 17.8 Å². The molecule has 3 aromatic rings. The summed E-state index contributed by atoms with van der Waals surface area (Å²) in [6, 6.07) is 5.35. The molecular formula is C41H64N10O9S. The van der Waals surface area contributed by atoms with E-state index in [4.69, 9.17) is 30.4 Å². The number of aliphatic carboxylic acids is 1. The number of thiol groups is 1. The molecule has 0 radical (unpaired) electrons. The molecule has 8 N–H and O–H groups in total. The van der Waals surface area contributed by atoms with E-state index in [9.17, 15) is 24.3 Å². The Bertz CT molecular complexity index is 1850. The average molecular weight is 873 g/mol. The largest absolute Gasteiger partial charge is 0.480 e. The van der Waals surface area contributed by atoms with Crippen LogP contribution in [0.4, 0.5) is 17.5 Å². The molecule has 0 bridgehead atoms. The first-order valence-corrected chi connectivity index (χ1v) is 21.1. The van der Waals surface area contributed by atoms with Crippen LogP contribution in [0.25, 0.3) is 11.2 Å². The molecule has 3 amide bonds. The van der Waals surface area contributed by atoms with E-state index >= 15 is 0 Å². The normalized spacial score (nSPS) is 12.2. The minimum absolute atomic E-state index is 0.00608. The van der Waals surface area contributed by atoms with E-state index in [-0.39, 0.29) is 47.6 Å². The SMILES string of the molecule is CN(Cc1cnc2nc(N)nc(N)c2n1)c1ccc(C(=O)NC(CCC(=O)NCCCOCCOCCOCCCNC(=O)C(C)(C)CCOC(C)(C)CCS)C(=O)O)cc1. The lowest BCUT2D eigenvalue weighted by Gasteiger charge is -2.28. The van der Waals surface area contributed by atoms with Crippen molar-refractivity contribution in [1.82, 2.24) is 35.9 Å². The van der Waals surface area contributed by atoms with Gasteiger partial charge in [0.05, 0.1) is 50.5 Å². The van der Waals surface area contributed by atoms with Crippen LogP contribution in [0.1, 0.15) is 82.3 Å². The van der Waals surface area contributed by atoms with Gasteiger partial charge in [0.1, 0.15) is 6.04 Å². The van der Waals surface area contributed by atoms with Gasteiger partial charge in [-0.25, -0.2) is 14.8 Å². The number of carbonyl (C=O) groups excluding carboxylic acids is 3. The van der Waals surface area contributed by atoms with Gasteiger partial charge in [0.15, 0.2) is 17.0 Å². The zero-order chi connectivity index (χ0) is 44.8. The Balaban J connectivity index is 1.19. The molecule has 3 rings (SSSR count). The third-order valence-electron chi connectivity index (χ3n) is 9.57. The number of hydrogen-bond donors (Lipinski definition) is 7. The van der Waals surface area contributed by atoms with Crippen LogP contribution in [0.5, 0.6) is 0 Å². The van der Waals surface area contributed by atoms with Crippen molar-refractivity contribution < 1.29 is 43.2 Å².